The first-order valence-corrected chi connectivity index (χ1v) is 6.03. The highest BCUT2D eigenvalue weighted by Crippen LogP contribution is 2.22. The van der Waals surface area contributed by atoms with Crippen molar-refractivity contribution in [3.63, 3.8) is 0 Å². The molecule has 0 bridgehead atoms. The Balaban J connectivity index is 2.13. The minimum absolute atomic E-state index is 0.309. The molecule has 0 amide bonds. The van der Waals surface area contributed by atoms with Crippen molar-refractivity contribution >= 4 is 10.1 Å². The number of hydrogen-bond acceptors (Lipinski definition) is 5. The maximum atomic E-state index is 10.9. The van der Waals surface area contributed by atoms with E-state index < -0.39 is 10.1 Å². The number of aryl methyl sites for hydroxylation is 1. The molecule has 6 nitrogen and oxygen atoms in total. The molecule has 7 heteroatoms. The van der Waals surface area contributed by atoms with Crippen molar-refractivity contribution in [2.45, 2.75) is 18.9 Å². The summed E-state index contributed by atoms with van der Waals surface area (Å²) in [5.41, 5.74) is 1.79. The van der Waals surface area contributed by atoms with E-state index in [1.807, 2.05) is 0 Å². The van der Waals surface area contributed by atoms with Crippen molar-refractivity contribution in [2.75, 3.05) is 6.26 Å². The van der Waals surface area contributed by atoms with Crippen LogP contribution in [0, 0.1) is 0 Å². The van der Waals surface area contributed by atoms with Gasteiger partial charge in [-0.1, -0.05) is 5.21 Å². The summed E-state index contributed by atoms with van der Waals surface area (Å²) in [6, 6.07) is 0. The zero-order chi connectivity index (χ0) is 10.3. The Morgan fingerprint density at radius 3 is 2.79 bits per heavy atom. The predicted octanol–water partition coefficient (Wildman–Crippen LogP) is -0.742. The maximum Gasteiger partial charge on any atom is 0.264 e. The average molecular weight is 217 g/mol. The molecule has 0 aliphatic heterocycles. The van der Waals surface area contributed by atoms with Gasteiger partial charge >= 0.3 is 0 Å². The van der Waals surface area contributed by atoms with Gasteiger partial charge in [-0.05, 0) is 0 Å². The van der Waals surface area contributed by atoms with Crippen LogP contribution in [-0.4, -0.2) is 35.8 Å². The Morgan fingerprint density at radius 1 is 1.50 bits per heavy atom. The molecule has 14 heavy (non-hydrogen) atoms. The van der Waals surface area contributed by atoms with Crippen molar-refractivity contribution in [3.05, 3.63) is 11.4 Å². The minimum Gasteiger partial charge on any atom is -0.266 e. The van der Waals surface area contributed by atoms with E-state index in [4.69, 9.17) is 4.18 Å². The van der Waals surface area contributed by atoms with Crippen LogP contribution in [0.5, 0.6) is 0 Å². The first-order valence-electron chi connectivity index (χ1n) is 4.21. The molecule has 1 atom stereocenters. The molecule has 78 valence electrons. The van der Waals surface area contributed by atoms with Gasteiger partial charge in [-0.25, -0.2) is 0 Å². The molecule has 0 aromatic carbocycles. The van der Waals surface area contributed by atoms with Crippen LogP contribution >= 0.6 is 0 Å². The fraction of sp³-hybridized carbons (Fsp3) is 0.714. The summed E-state index contributed by atoms with van der Waals surface area (Å²) in [4.78, 5) is 0. The average Bonchev–Trinajstić information content (AvgIpc) is 2.51. The molecule has 0 N–H and O–H groups in total. The van der Waals surface area contributed by atoms with Crippen LogP contribution in [0.4, 0.5) is 0 Å². The molecule has 1 unspecified atom stereocenters. The van der Waals surface area contributed by atoms with Gasteiger partial charge in [-0.2, -0.15) is 8.42 Å². The fourth-order valence-electron chi connectivity index (χ4n) is 1.65. The Labute approximate surface area is 82.0 Å². The molecular formula is C7H11N3O3S. The van der Waals surface area contributed by atoms with E-state index >= 15 is 0 Å². The second kappa shape index (κ2) is 3.03. The van der Waals surface area contributed by atoms with Gasteiger partial charge in [0.15, 0.2) is 0 Å². The van der Waals surface area contributed by atoms with Crippen molar-refractivity contribution in [3.8, 4) is 0 Å². The van der Waals surface area contributed by atoms with Gasteiger partial charge in [0, 0.05) is 19.9 Å². The van der Waals surface area contributed by atoms with Gasteiger partial charge in [-0.3, -0.25) is 8.86 Å². The lowest BCUT2D eigenvalue weighted by atomic mass is 10.3. The molecule has 0 saturated heterocycles. The highest BCUT2D eigenvalue weighted by molar-refractivity contribution is 7.86. The predicted molar refractivity (Wildman–Crippen MR) is 48.1 cm³/mol. The van der Waals surface area contributed by atoms with E-state index in [1.54, 1.807) is 11.7 Å². The van der Waals surface area contributed by atoms with Crippen molar-refractivity contribution in [2.24, 2.45) is 7.05 Å². The third-order valence-electron chi connectivity index (χ3n) is 2.18. The van der Waals surface area contributed by atoms with Gasteiger partial charge in [0.1, 0.15) is 0 Å². The maximum absolute atomic E-state index is 10.9. The third kappa shape index (κ3) is 1.78. The second-order valence-electron chi connectivity index (χ2n) is 3.44. The Kier molecular flexibility index (Phi) is 2.07. The van der Waals surface area contributed by atoms with Gasteiger partial charge < -0.3 is 0 Å². The SMILES string of the molecule is Cn1nnc2c1CC(OS(C)(=O)=O)C2. The highest BCUT2D eigenvalue weighted by Gasteiger charge is 2.29. The Hall–Kier alpha value is -0.950. The van der Waals surface area contributed by atoms with Gasteiger partial charge in [-0.15, -0.1) is 5.10 Å². The number of aromatic nitrogens is 3. The van der Waals surface area contributed by atoms with Crippen molar-refractivity contribution < 1.29 is 12.6 Å². The number of fused-ring (bicyclic) bond motifs is 1. The molecule has 0 fully saturated rings. The molecule has 1 aliphatic rings. The summed E-state index contributed by atoms with van der Waals surface area (Å²) < 4.78 is 28.3. The van der Waals surface area contributed by atoms with Crippen LogP contribution in [0.3, 0.4) is 0 Å². The van der Waals surface area contributed by atoms with Crippen LogP contribution in [0.2, 0.25) is 0 Å². The first-order chi connectivity index (χ1) is 6.46. The fourth-order valence-corrected chi connectivity index (χ4v) is 2.28. The largest absolute Gasteiger partial charge is 0.266 e. The van der Waals surface area contributed by atoms with Crippen LogP contribution in [-0.2, 0) is 34.2 Å². The number of hydrogen-bond donors (Lipinski definition) is 0. The van der Waals surface area contributed by atoms with Crippen LogP contribution in [0.25, 0.3) is 0 Å². The van der Waals surface area contributed by atoms with E-state index in [9.17, 15) is 8.42 Å². The molecule has 0 saturated carbocycles. The summed E-state index contributed by atoms with van der Waals surface area (Å²) in [6.07, 6.45) is 1.83. The normalized spacial score (nSPS) is 21.1. The van der Waals surface area contributed by atoms with E-state index in [-0.39, 0.29) is 6.10 Å². The van der Waals surface area contributed by atoms with Gasteiger partial charge in [0.25, 0.3) is 10.1 Å². The highest BCUT2D eigenvalue weighted by atomic mass is 32.2. The van der Waals surface area contributed by atoms with E-state index in [0.29, 0.717) is 12.8 Å². The standard InChI is InChI=1S/C7H11N3O3S/c1-10-7-4-5(13-14(2,11)12)3-6(7)8-9-10/h5H,3-4H2,1-2H3. The smallest absolute Gasteiger partial charge is 0.264 e. The lowest BCUT2D eigenvalue weighted by Crippen LogP contribution is -2.18. The molecular weight excluding hydrogens is 206 g/mol. The molecule has 1 aliphatic carbocycles. The number of nitrogens with zero attached hydrogens (tertiary/aromatic N) is 3. The van der Waals surface area contributed by atoms with E-state index in [1.165, 1.54) is 0 Å². The Bertz CT molecular complexity index is 451. The quantitative estimate of drug-likeness (QED) is 0.610. The summed E-state index contributed by atoms with van der Waals surface area (Å²) >= 11 is 0. The number of rotatable bonds is 2. The molecule has 1 aromatic heterocycles. The Morgan fingerprint density at radius 2 is 2.21 bits per heavy atom. The van der Waals surface area contributed by atoms with Crippen molar-refractivity contribution in [1.29, 1.82) is 0 Å². The van der Waals surface area contributed by atoms with E-state index in [0.717, 1.165) is 17.6 Å². The zero-order valence-electron chi connectivity index (χ0n) is 7.97. The first kappa shape index (κ1) is 9.60. The van der Waals surface area contributed by atoms with Crippen molar-refractivity contribution in [1.82, 2.24) is 15.0 Å². The van der Waals surface area contributed by atoms with Crippen LogP contribution < -0.4 is 0 Å². The summed E-state index contributed by atoms with van der Waals surface area (Å²) in [5, 5.41) is 7.75. The molecule has 2 rings (SSSR count). The monoisotopic (exact) mass is 217 g/mol. The third-order valence-corrected chi connectivity index (χ3v) is 2.80. The summed E-state index contributed by atoms with van der Waals surface area (Å²) in [6.45, 7) is 0. The zero-order valence-corrected chi connectivity index (χ0v) is 8.78. The minimum atomic E-state index is -3.37. The van der Waals surface area contributed by atoms with Gasteiger partial charge in [0.05, 0.1) is 23.7 Å². The lowest BCUT2D eigenvalue weighted by molar-refractivity contribution is 0.220. The lowest BCUT2D eigenvalue weighted by Gasteiger charge is -2.07. The van der Waals surface area contributed by atoms with Crippen LogP contribution in [0.15, 0.2) is 0 Å². The van der Waals surface area contributed by atoms with Crippen LogP contribution in [0.1, 0.15) is 11.4 Å². The molecule has 0 radical (unpaired) electrons. The topological polar surface area (TPSA) is 74.1 Å². The second-order valence-corrected chi connectivity index (χ2v) is 5.04. The van der Waals surface area contributed by atoms with E-state index in [2.05, 4.69) is 10.3 Å². The van der Waals surface area contributed by atoms with Gasteiger partial charge in [0.2, 0.25) is 0 Å². The molecule has 0 spiro atoms. The summed E-state index contributed by atoms with van der Waals surface area (Å²) in [5.74, 6) is 0. The summed E-state index contributed by atoms with van der Waals surface area (Å²) in [7, 11) is -1.59. The molecule has 1 aromatic rings. The molecule has 1 heterocycles.